The van der Waals surface area contributed by atoms with Crippen molar-refractivity contribution >= 4 is 24.2 Å². The van der Waals surface area contributed by atoms with Crippen LogP contribution in [0.3, 0.4) is 0 Å². The summed E-state index contributed by atoms with van der Waals surface area (Å²) in [6.07, 6.45) is -4.33. The molecule has 1 aromatic carbocycles. The molecular formula is C9H8ClF3S. The first kappa shape index (κ1) is 11.7. The first-order chi connectivity index (χ1) is 6.32. The highest BCUT2D eigenvalue weighted by Crippen LogP contribution is 2.34. The molecule has 0 saturated carbocycles. The zero-order valence-electron chi connectivity index (χ0n) is 7.27. The molecule has 0 spiro atoms. The standard InChI is InChI=1S/C9H8ClF3S/c1-5(14)7-4-6(9(11,12)13)2-3-8(7)10/h2-5,14H,1H3. The van der Waals surface area contributed by atoms with E-state index in [1.165, 1.54) is 6.07 Å². The van der Waals surface area contributed by atoms with Gasteiger partial charge in [0.1, 0.15) is 0 Å². The topological polar surface area (TPSA) is 0 Å². The number of hydrogen-bond acceptors (Lipinski definition) is 1. The number of thiol groups is 1. The molecule has 0 aliphatic carbocycles. The third kappa shape index (κ3) is 2.58. The van der Waals surface area contributed by atoms with Crippen LogP contribution in [-0.2, 0) is 6.18 Å². The predicted molar refractivity (Wildman–Crippen MR) is 53.9 cm³/mol. The van der Waals surface area contributed by atoms with Crippen molar-refractivity contribution in [3.05, 3.63) is 34.3 Å². The summed E-state index contributed by atoms with van der Waals surface area (Å²) in [5, 5.41) is -0.00898. The Morgan fingerprint density at radius 1 is 1.36 bits per heavy atom. The van der Waals surface area contributed by atoms with Crippen molar-refractivity contribution in [2.24, 2.45) is 0 Å². The van der Waals surface area contributed by atoms with Gasteiger partial charge in [-0.1, -0.05) is 11.6 Å². The molecule has 0 aliphatic heterocycles. The van der Waals surface area contributed by atoms with Crippen LogP contribution in [0.2, 0.25) is 5.02 Å². The Bertz CT molecular complexity index is 333. The van der Waals surface area contributed by atoms with Crippen LogP contribution in [0.1, 0.15) is 23.3 Å². The van der Waals surface area contributed by atoms with Crippen LogP contribution >= 0.6 is 24.2 Å². The van der Waals surface area contributed by atoms with Crippen molar-refractivity contribution in [2.75, 3.05) is 0 Å². The summed E-state index contributed by atoms with van der Waals surface area (Å²) in [7, 11) is 0. The van der Waals surface area contributed by atoms with Crippen LogP contribution in [-0.4, -0.2) is 0 Å². The maximum atomic E-state index is 12.3. The molecule has 0 heterocycles. The Kier molecular flexibility index (Phi) is 3.37. The highest BCUT2D eigenvalue weighted by atomic mass is 35.5. The van der Waals surface area contributed by atoms with Crippen LogP contribution in [0.25, 0.3) is 0 Å². The van der Waals surface area contributed by atoms with E-state index in [0.29, 0.717) is 10.6 Å². The summed E-state index contributed by atoms with van der Waals surface area (Å²) in [6, 6.07) is 3.23. The van der Waals surface area contributed by atoms with Gasteiger partial charge < -0.3 is 0 Å². The number of alkyl halides is 3. The van der Waals surface area contributed by atoms with Gasteiger partial charge in [0.25, 0.3) is 0 Å². The lowest BCUT2D eigenvalue weighted by atomic mass is 10.1. The Balaban J connectivity index is 3.20. The number of hydrogen-bond donors (Lipinski definition) is 1. The largest absolute Gasteiger partial charge is 0.416 e. The first-order valence-corrected chi connectivity index (χ1v) is 4.76. The molecule has 1 atom stereocenters. The Morgan fingerprint density at radius 3 is 2.36 bits per heavy atom. The van der Waals surface area contributed by atoms with Gasteiger partial charge in [-0.05, 0) is 30.7 Å². The summed E-state index contributed by atoms with van der Waals surface area (Å²) >= 11 is 9.77. The average Bonchev–Trinajstić information content (AvgIpc) is 2.02. The Morgan fingerprint density at radius 2 is 1.93 bits per heavy atom. The maximum Gasteiger partial charge on any atom is 0.416 e. The molecule has 0 aliphatic rings. The van der Waals surface area contributed by atoms with Gasteiger partial charge >= 0.3 is 6.18 Å². The van der Waals surface area contributed by atoms with Crippen molar-refractivity contribution in [2.45, 2.75) is 18.3 Å². The molecule has 1 aromatic rings. The van der Waals surface area contributed by atoms with Crippen molar-refractivity contribution in [1.82, 2.24) is 0 Å². The van der Waals surface area contributed by atoms with Gasteiger partial charge in [0, 0.05) is 10.3 Å². The van der Waals surface area contributed by atoms with Crippen molar-refractivity contribution < 1.29 is 13.2 Å². The van der Waals surface area contributed by atoms with E-state index in [2.05, 4.69) is 12.6 Å². The molecule has 0 aromatic heterocycles. The molecule has 1 unspecified atom stereocenters. The second-order valence-corrected chi connectivity index (χ2v) is 4.09. The second kappa shape index (κ2) is 4.03. The molecular weight excluding hydrogens is 233 g/mol. The smallest absolute Gasteiger partial charge is 0.171 e. The highest BCUT2D eigenvalue weighted by Gasteiger charge is 2.31. The molecule has 0 fully saturated rings. The fourth-order valence-corrected chi connectivity index (χ4v) is 1.61. The summed E-state index contributed by atoms with van der Waals surface area (Å²) in [5.74, 6) is 0. The molecule has 0 bridgehead atoms. The van der Waals surface area contributed by atoms with Crippen LogP contribution in [0, 0.1) is 0 Å². The molecule has 0 saturated heterocycles. The molecule has 0 amide bonds. The molecule has 0 radical (unpaired) electrons. The highest BCUT2D eigenvalue weighted by molar-refractivity contribution is 7.80. The van der Waals surface area contributed by atoms with Gasteiger partial charge in [0.2, 0.25) is 0 Å². The molecule has 14 heavy (non-hydrogen) atoms. The van der Waals surface area contributed by atoms with Gasteiger partial charge in [-0.25, -0.2) is 0 Å². The summed E-state index contributed by atoms with van der Waals surface area (Å²) in [5.41, 5.74) is -0.303. The van der Waals surface area contributed by atoms with Gasteiger partial charge in [0.15, 0.2) is 0 Å². The predicted octanol–water partition coefficient (Wildman–Crippen LogP) is 4.35. The van der Waals surface area contributed by atoms with E-state index in [-0.39, 0.29) is 5.25 Å². The van der Waals surface area contributed by atoms with E-state index in [1.807, 2.05) is 0 Å². The zero-order valence-corrected chi connectivity index (χ0v) is 8.92. The van der Waals surface area contributed by atoms with Gasteiger partial charge in [-0.3, -0.25) is 0 Å². The molecule has 1 rings (SSSR count). The summed E-state index contributed by atoms with van der Waals surface area (Å²) in [4.78, 5) is 0. The lowest BCUT2D eigenvalue weighted by Crippen LogP contribution is -2.05. The maximum absolute atomic E-state index is 12.3. The zero-order chi connectivity index (χ0) is 10.9. The SMILES string of the molecule is CC(S)c1cc(C(F)(F)F)ccc1Cl. The lowest BCUT2D eigenvalue weighted by molar-refractivity contribution is -0.137. The van der Waals surface area contributed by atoms with Crippen LogP contribution < -0.4 is 0 Å². The Labute approximate surface area is 90.5 Å². The van der Waals surface area contributed by atoms with Crippen molar-refractivity contribution in [3.63, 3.8) is 0 Å². The molecule has 78 valence electrons. The quantitative estimate of drug-likeness (QED) is 0.694. The molecule has 0 nitrogen and oxygen atoms in total. The van der Waals surface area contributed by atoms with Gasteiger partial charge in [-0.2, -0.15) is 25.8 Å². The molecule has 0 N–H and O–H groups in total. The minimum Gasteiger partial charge on any atom is -0.171 e. The van der Waals surface area contributed by atoms with E-state index >= 15 is 0 Å². The summed E-state index contributed by atoms with van der Waals surface area (Å²) in [6.45, 7) is 1.67. The van der Waals surface area contributed by atoms with E-state index in [1.54, 1.807) is 6.92 Å². The van der Waals surface area contributed by atoms with E-state index < -0.39 is 11.7 Å². The minimum absolute atomic E-state index is 0.306. The van der Waals surface area contributed by atoms with E-state index in [9.17, 15) is 13.2 Å². The fraction of sp³-hybridized carbons (Fsp3) is 0.333. The van der Waals surface area contributed by atoms with Crippen molar-refractivity contribution in [1.29, 1.82) is 0 Å². The van der Waals surface area contributed by atoms with Crippen LogP contribution in [0.4, 0.5) is 13.2 Å². The van der Waals surface area contributed by atoms with Gasteiger partial charge in [-0.15, -0.1) is 0 Å². The number of halogens is 4. The normalized spacial score (nSPS) is 14.1. The monoisotopic (exact) mass is 240 g/mol. The Hall–Kier alpha value is -0.350. The number of rotatable bonds is 1. The fourth-order valence-electron chi connectivity index (χ4n) is 1.04. The van der Waals surface area contributed by atoms with Crippen molar-refractivity contribution in [3.8, 4) is 0 Å². The van der Waals surface area contributed by atoms with Crippen LogP contribution in [0.15, 0.2) is 18.2 Å². The minimum atomic E-state index is -4.33. The number of benzene rings is 1. The average molecular weight is 241 g/mol. The van der Waals surface area contributed by atoms with Crippen LogP contribution in [0.5, 0.6) is 0 Å². The third-order valence-corrected chi connectivity index (χ3v) is 2.40. The van der Waals surface area contributed by atoms with E-state index in [0.717, 1.165) is 12.1 Å². The molecule has 5 heteroatoms. The van der Waals surface area contributed by atoms with Gasteiger partial charge in [0.05, 0.1) is 5.56 Å². The van der Waals surface area contributed by atoms with E-state index in [4.69, 9.17) is 11.6 Å². The lowest BCUT2D eigenvalue weighted by Gasteiger charge is -2.12. The summed E-state index contributed by atoms with van der Waals surface area (Å²) < 4.78 is 36.9. The second-order valence-electron chi connectivity index (χ2n) is 2.91. The third-order valence-electron chi connectivity index (χ3n) is 1.77. The first-order valence-electron chi connectivity index (χ1n) is 3.87.